The molecule has 0 bridgehead atoms. The highest BCUT2D eigenvalue weighted by molar-refractivity contribution is 7.99. The lowest BCUT2D eigenvalue weighted by Gasteiger charge is -2.14. The molecule has 100 valence electrons. The fraction of sp³-hybridized carbons (Fsp3) is 0.231. The van der Waals surface area contributed by atoms with Crippen LogP contribution in [0, 0.1) is 0 Å². The van der Waals surface area contributed by atoms with Crippen molar-refractivity contribution in [1.29, 1.82) is 0 Å². The Kier molecular flexibility index (Phi) is 4.11. The van der Waals surface area contributed by atoms with Crippen LogP contribution >= 0.6 is 11.8 Å². The summed E-state index contributed by atoms with van der Waals surface area (Å²) in [6.07, 6.45) is 1.52. The van der Waals surface area contributed by atoms with Crippen molar-refractivity contribution in [2.75, 3.05) is 5.73 Å². The molecule has 0 saturated carbocycles. The number of nitrogens with two attached hydrogens (primary N) is 1. The van der Waals surface area contributed by atoms with Crippen LogP contribution in [-0.2, 0) is 0 Å². The lowest BCUT2D eigenvalue weighted by Crippen LogP contribution is -2.08. The molecule has 0 amide bonds. The second-order valence-electron chi connectivity index (χ2n) is 4.18. The van der Waals surface area contributed by atoms with Crippen molar-refractivity contribution in [2.45, 2.75) is 30.0 Å². The summed E-state index contributed by atoms with van der Waals surface area (Å²) in [7, 11) is 0. The second-order valence-corrected chi connectivity index (χ2v) is 5.21. The van der Waals surface area contributed by atoms with Crippen molar-refractivity contribution in [3.63, 3.8) is 0 Å². The minimum atomic E-state index is -0.189. The normalized spacial score (nSPS) is 10.7. The van der Waals surface area contributed by atoms with Crippen LogP contribution in [0.4, 0.5) is 5.69 Å². The molecule has 0 spiro atoms. The Labute approximate surface area is 115 Å². The van der Waals surface area contributed by atoms with Gasteiger partial charge in [0.2, 0.25) is 0 Å². The number of nitrogen functional groups attached to an aromatic ring is 1. The highest BCUT2D eigenvalue weighted by atomic mass is 32.2. The van der Waals surface area contributed by atoms with E-state index in [1.165, 1.54) is 24.0 Å². The molecule has 0 unspecified atom stereocenters. The molecular weight excluding hydrogens is 262 g/mol. The molecule has 0 atom stereocenters. The zero-order valence-corrected chi connectivity index (χ0v) is 11.5. The topological polar surface area (TPSA) is 81.0 Å². The van der Waals surface area contributed by atoms with Gasteiger partial charge in [0.25, 0.3) is 5.56 Å². The third-order valence-corrected chi connectivity index (χ3v) is 3.22. The first-order valence-electron chi connectivity index (χ1n) is 5.84. The highest BCUT2D eigenvalue weighted by Crippen LogP contribution is 2.35. The predicted molar refractivity (Wildman–Crippen MR) is 75.6 cm³/mol. The van der Waals surface area contributed by atoms with Gasteiger partial charge in [0, 0.05) is 17.2 Å². The summed E-state index contributed by atoms with van der Waals surface area (Å²) in [6, 6.07) is 6.91. The van der Waals surface area contributed by atoms with Gasteiger partial charge < -0.3 is 15.5 Å². The average Bonchev–Trinajstić information content (AvgIpc) is 2.34. The summed E-state index contributed by atoms with van der Waals surface area (Å²) in [6.45, 7) is 3.88. The molecule has 0 saturated heterocycles. The van der Waals surface area contributed by atoms with E-state index in [0.29, 0.717) is 16.6 Å². The molecule has 2 rings (SSSR count). The van der Waals surface area contributed by atoms with E-state index in [9.17, 15) is 4.79 Å². The van der Waals surface area contributed by atoms with Gasteiger partial charge in [-0.15, -0.1) is 0 Å². The van der Waals surface area contributed by atoms with Gasteiger partial charge in [0.15, 0.2) is 5.16 Å². The minimum Gasteiger partial charge on any atom is -0.489 e. The molecule has 0 aliphatic rings. The number of aromatic amines is 1. The summed E-state index contributed by atoms with van der Waals surface area (Å²) in [5, 5.41) is 0.501. The summed E-state index contributed by atoms with van der Waals surface area (Å²) in [5.41, 5.74) is 6.41. The third-order valence-electron chi connectivity index (χ3n) is 2.24. The molecule has 1 heterocycles. The quantitative estimate of drug-likeness (QED) is 0.662. The van der Waals surface area contributed by atoms with Crippen LogP contribution in [-0.4, -0.2) is 16.1 Å². The van der Waals surface area contributed by atoms with Gasteiger partial charge in [-0.05, 0) is 37.7 Å². The van der Waals surface area contributed by atoms with E-state index in [1.54, 1.807) is 0 Å². The van der Waals surface area contributed by atoms with Crippen molar-refractivity contribution in [1.82, 2.24) is 9.97 Å². The Morgan fingerprint density at radius 2 is 2.16 bits per heavy atom. The molecule has 6 heteroatoms. The molecular formula is C13H15N3O2S. The average molecular weight is 277 g/mol. The molecule has 2 aromatic rings. The van der Waals surface area contributed by atoms with Crippen LogP contribution in [0.1, 0.15) is 13.8 Å². The number of para-hydroxylation sites is 1. The zero-order valence-electron chi connectivity index (χ0n) is 10.7. The molecule has 1 aromatic heterocycles. The highest BCUT2D eigenvalue weighted by Gasteiger charge is 2.09. The first-order valence-corrected chi connectivity index (χ1v) is 6.66. The Bertz CT molecular complexity index is 625. The Morgan fingerprint density at radius 1 is 1.37 bits per heavy atom. The van der Waals surface area contributed by atoms with Crippen molar-refractivity contribution in [3.05, 3.63) is 40.8 Å². The van der Waals surface area contributed by atoms with Gasteiger partial charge in [0.05, 0.1) is 11.8 Å². The van der Waals surface area contributed by atoms with Crippen molar-refractivity contribution in [3.8, 4) is 5.75 Å². The van der Waals surface area contributed by atoms with Crippen molar-refractivity contribution >= 4 is 17.4 Å². The van der Waals surface area contributed by atoms with E-state index in [1.807, 2.05) is 32.0 Å². The molecule has 0 aliphatic carbocycles. The third kappa shape index (κ3) is 3.51. The van der Waals surface area contributed by atoms with Crippen LogP contribution in [0.5, 0.6) is 5.75 Å². The van der Waals surface area contributed by atoms with E-state index in [4.69, 9.17) is 10.5 Å². The van der Waals surface area contributed by atoms with Crippen LogP contribution in [0.15, 0.2) is 45.3 Å². The number of anilines is 1. The molecule has 1 aromatic carbocycles. The van der Waals surface area contributed by atoms with Crippen LogP contribution in [0.2, 0.25) is 0 Å². The summed E-state index contributed by atoms with van der Waals surface area (Å²) in [4.78, 5) is 18.7. The van der Waals surface area contributed by atoms with E-state index < -0.39 is 0 Å². The van der Waals surface area contributed by atoms with Gasteiger partial charge in [-0.3, -0.25) is 4.79 Å². The van der Waals surface area contributed by atoms with Crippen LogP contribution < -0.4 is 16.0 Å². The summed E-state index contributed by atoms with van der Waals surface area (Å²) in [5.74, 6) is 0.637. The SMILES string of the molecule is CC(C)Oc1cccc(Sc2nccc(=O)[nH]2)c1N. The van der Waals surface area contributed by atoms with Gasteiger partial charge in [-0.2, -0.15) is 0 Å². The number of hydrogen-bond acceptors (Lipinski definition) is 5. The Balaban J connectivity index is 2.28. The number of H-pyrrole nitrogens is 1. The first-order chi connectivity index (χ1) is 9.06. The van der Waals surface area contributed by atoms with E-state index in [-0.39, 0.29) is 11.7 Å². The summed E-state index contributed by atoms with van der Waals surface area (Å²) < 4.78 is 5.62. The molecule has 0 aliphatic heterocycles. The Hall–Kier alpha value is -1.95. The number of benzene rings is 1. The number of nitrogens with zero attached hydrogens (tertiary/aromatic N) is 1. The zero-order chi connectivity index (χ0) is 13.8. The fourth-order valence-electron chi connectivity index (χ4n) is 1.48. The summed E-state index contributed by atoms with van der Waals surface area (Å²) >= 11 is 1.30. The molecule has 0 fully saturated rings. The lowest BCUT2D eigenvalue weighted by atomic mass is 10.3. The first kappa shape index (κ1) is 13.5. The lowest BCUT2D eigenvalue weighted by molar-refractivity contribution is 0.243. The molecule has 0 radical (unpaired) electrons. The van der Waals surface area contributed by atoms with E-state index in [2.05, 4.69) is 9.97 Å². The van der Waals surface area contributed by atoms with Gasteiger partial charge in [0.1, 0.15) is 5.75 Å². The maximum absolute atomic E-state index is 11.2. The van der Waals surface area contributed by atoms with Crippen LogP contribution in [0.25, 0.3) is 0 Å². The predicted octanol–water partition coefficient (Wildman–Crippen LogP) is 2.29. The van der Waals surface area contributed by atoms with Gasteiger partial charge in [-0.25, -0.2) is 4.98 Å². The van der Waals surface area contributed by atoms with Crippen molar-refractivity contribution < 1.29 is 4.74 Å². The number of aromatic nitrogens is 2. The number of rotatable bonds is 4. The van der Waals surface area contributed by atoms with Crippen LogP contribution in [0.3, 0.4) is 0 Å². The Morgan fingerprint density at radius 3 is 2.84 bits per heavy atom. The monoisotopic (exact) mass is 277 g/mol. The molecule has 5 nitrogen and oxygen atoms in total. The maximum atomic E-state index is 11.2. The molecule has 19 heavy (non-hydrogen) atoms. The number of hydrogen-bond donors (Lipinski definition) is 2. The standard InChI is InChI=1S/C13H15N3O2S/c1-8(2)18-9-4-3-5-10(12(9)14)19-13-15-7-6-11(17)16-13/h3-8H,14H2,1-2H3,(H,15,16,17). The minimum absolute atomic E-state index is 0.0530. The number of ether oxygens (including phenoxy) is 1. The van der Waals surface area contributed by atoms with E-state index >= 15 is 0 Å². The van der Waals surface area contributed by atoms with Crippen molar-refractivity contribution in [2.24, 2.45) is 0 Å². The van der Waals surface area contributed by atoms with E-state index in [0.717, 1.165) is 4.90 Å². The fourth-order valence-corrected chi connectivity index (χ4v) is 2.31. The van der Waals surface area contributed by atoms with Gasteiger partial charge in [-0.1, -0.05) is 6.07 Å². The smallest absolute Gasteiger partial charge is 0.251 e. The molecule has 3 N–H and O–H groups in total. The second kappa shape index (κ2) is 5.79. The number of nitrogens with one attached hydrogen (secondary N) is 1. The van der Waals surface area contributed by atoms with Gasteiger partial charge >= 0.3 is 0 Å². The maximum Gasteiger partial charge on any atom is 0.251 e. The largest absolute Gasteiger partial charge is 0.489 e.